The van der Waals surface area contributed by atoms with Gasteiger partial charge in [-0.3, -0.25) is 15.0 Å². The number of amides is 3. The van der Waals surface area contributed by atoms with Crippen LogP contribution in [0.1, 0.15) is 19.8 Å². The normalized spacial score (nSPS) is 21.6. The van der Waals surface area contributed by atoms with Gasteiger partial charge in [0.05, 0.1) is 12.0 Å². The molecule has 0 spiro atoms. The van der Waals surface area contributed by atoms with E-state index in [0.717, 1.165) is 0 Å². The summed E-state index contributed by atoms with van der Waals surface area (Å²) in [6.07, 6.45) is -8.81. The molecule has 0 aromatic heterocycles. The van der Waals surface area contributed by atoms with Crippen molar-refractivity contribution in [2.45, 2.75) is 38.2 Å². The van der Waals surface area contributed by atoms with E-state index in [1.807, 2.05) is 0 Å². The van der Waals surface area contributed by atoms with Crippen LogP contribution in [0.3, 0.4) is 0 Å². The van der Waals surface area contributed by atoms with E-state index in [9.17, 15) is 35.9 Å². The lowest BCUT2D eigenvalue weighted by Gasteiger charge is -2.36. The summed E-state index contributed by atoms with van der Waals surface area (Å²) in [6, 6.07) is -2.40. The molecule has 1 rings (SSSR count). The van der Waals surface area contributed by atoms with E-state index in [1.165, 1.54) is 17.1 Å². The Kier molecular flexibility index (Phi) is 6.25. The number of likely N-dealkylation sites (tertiary alicyclic amines) is 1. The van der Waals surface area contributed by atoms with Crippen LogP contribution in [0.4, 0.5) is 31.1 Å². The van der Waals surface area contributed by atoms with Gasteiger partial charge < -0.3 is 5.32 Å². The zero-order valence-corrected chi connectivity index (χ0v) is 12.2. The second-order valence-electron chi connectivity index (χ2n) is 5.34. The Hall–Kier alpha value is -1.52. The average molecular weight is 349 g/mol. The molecule has 0 radical (unpaired) electrons. The maximum absolute atomic E-state index is 12.7. The topological polar surface area (TPSA) is 61.4 Å². The van der Waals surface area contributed by atoms with E-state index in [0.29, 0.717) is 0 Å². The van der Waals surface area contributed by atoms with Crippen LogP contribution in [-0.4, -0.2) is 54.9 Å². The number of nitrogens with one attached hydrogen (secondary N) is 2. The van der Waals surface area contributed by atoms with Crippen LogP contribution < -0.4 is 10.6 Å². The molecule has 0 aromatic rings. The first-order valence-electron chi connectivity index (χ1n) is 6.86. The number of rotatable bonds is 3. The number of urea groups is 1. The smallest absolute Gasteiger partial charge is 0.329 e. The Morgan fingerprint density at radius 3 is 2.35 bits per heavy atom. The van der Waals surface area contributed by atoms with Gasteiger partial charge in [0.2, 0.25) is 5.91 Å². The minimum atomic E-state index is -4.63. The largest absolute Gasteiger partial charge is 0.405 e. The minimum absolute atomic E-state index is 0.0413. The minimum Gasteiger partial charge on any atom is -0.329 e. The van der Waals surface area contributed by atoms with Crippen LogP contribution in [-0.2, 0) is 4.79 Å². The fourth-order valence-corrected chi connectivity index (χ4v) is 2.23. The predicted octanol–water partition coefficient (Wildman–Crippen LogP) is 2.04. The van der Waals surface area contributed by atoms with E-state index in [1.54, 1.807) is 5.32 Å². The van der Waals surface area contributed by atoms with Gasteiger partial charge in [-0.2, -0.15) is 26.3 Å². The molecule has 0 unspecified atom stereocenters. The molecule has 1 fully saturated rings. The summed E-state index contributed by atoms with van der Waals surface area (Å²) in [4.78, 5) is 24.2. The monoisotopic (exact) mass is 349 g/mol. The number of alkyl halides is 6. The quantitative estimate of drug-likeness (QED) is 0.767. The summed E-state index contributed by atoms with van der Waals surface area (Å²) in [5.41, 5.74) is 0. The molecule has 1 aliphatic rings. The number of hydrogen-bond acceptors (Lipinski definition) is 3. The SMILES string of the molecule is C[C@H](C(=O)NC(=O)NCC(F)(F)F)N1CCC[C@H](C(F)(F)F)C1. The van der Waals surface area contributed by atoms with Crippen molar-refractivity contribution in [2.75, 3.05) is 19.6 Å². The van der Waals surface area contributed by atoms with E-state index in [4.69, 9.17) is 0 Å². The van der Waals surface area contributed by atoms with Crippen molar-refractivity contribution in [1.82, 2.24) is 15.5 Å². The summed E-state index contributed by atoms with van der Waals surface area (Å²) in [6.45, 7) is -0.459. The van der Waals surface area contributed by atoms with E-state index < -0.39 is 42.8 Å². The molecule has 2 atom stereocenters. The molecule has 2 N–H and O–H groups in total. The third-order valence-corrected chi connectivity index (χ3v) is 3.53. The van der Waals surface area contributed by atoms with Crippen molar-refractivity contribution in [3.8, 4) is 0 Å². The number of imide groups is 1. The van der Waals surface area contributed by atoms with Gasteiger partial charge >= 0.3 is 18.4 Å². The number of piperidine rings is 1. The van der Waals surface area contributed by atoms with Crippen molar-refractivity contribution in [3.05, 3.63) is 0 Å². The van der Waals surface area contributed by atoms with Crippen molar-refractivity contribution in [1.29, 1.82) is 0 Å². The Morgan fingerprint density at radius 2 is 1.83 bits per heavy atom. The van der Waals surface area contributed by atoms with Crippen LogP contribution in [0.15, 0.2) is 0 Å². The first-order chi connectivity index (χ1) is 10.4. The molecule has 1 saturated heterocycles. The third-order valence-electron chi connectivity index (χ3n) is 3.53. The average Bonchev–Trinajstić information content (AvgIpc) is 2.43. The molecule has 0 aliphatic carbocycles. The number of nitrogens with zero attached hydrogens (tertiary/aromatic N) is 1. The molecule has 0 aromatic carbocycles. The lowest BCUT2D eigenvalue weighted by atomic mass is 9.96. The maximum atomic E-state index is 12.7. The predicted molar refractivity (Wildman–Crippen MR) is 67.4 cm³/mol. The van der Waals surface area contributed by atoms with Crippen LogP contribution in [0, 0.1) is 5.92 Å². The van der Waals surface area contributed by atoms with E-state index >= 15 is 0 Å². The number of hydrogen-bond donors (Lipinski definition) is 2. The van der Waals surface area contributed by atoms with Gasteiger partial charge in [-0.25, -0.2) is 4.79 Å². The molecule has 23 heavy (non-hydrogen) atoms. The fraction of sp³-hybridized carbons (Fsp3) is 0.833. The first-order valence-corrected chi connectivity index (χ1v) is 6.86. The Bertz CT molecular complexity index is 437. The zero-order chi connectivity index (χ0) is 17.8. The molecule has 1 aliphatic heterocycles. The molecule has 3 amide bonds. The summed E-state index contributed by atoms with van der Waals surface area (Å²) in [7, 11) is 0. The van der Waals surface area contributed by atoms with Gasteiger partial charge in [-0.1, -0.05) is 0 Å². The number of carbonyl (C=O) groups is 2. The molecule has 11 heteroatoms. The van der Waals surface area contributed by atoms with Crippen molar-refractivity contribution < 1.29 is 35.9 Å². The second-order valence-corrected chi connectivity index (χ2v) is 5.34. The highest BCUT2D eigenvalue weighted by atomic mass is 19.4. The van der Waals surface area contributed by atoms with Crippen molar-refractivity contribution >= 4 is 11.9 Å². The standard InChI is InChI=1S/C12H17F6N3O2/c1-7(9(22)20-10(23)19-6-11(13,14)15)21-4-2-3-8(5-21)12(16,17)18/h7-8H,2-6H2,1H3,(H2,19,20,22,23)/t7-,8+/m1/s1. The van der Waals surface area contributed by atoms with Crippen LogP contribution >= 0.6 is 0 Å². The van der Waals surface area contributed by atoms with Crippen molar-refractivity contribution in [2.24, 2.45) is 5.92 Å². The Morgan fingerprint density at radius 1 is 1.22 bits per heavy atom. The molecular formula is C12H17F6N3O2. The lowest BCUT2D eigenvalue weighted by Crippen LogP contribution is -2.54. The highest BCUT2D eigenvalue weighted by Gasteiger charge is 2.43. The highest BCUT2D eigenvalue weighted by Crippen LogP contribution is 2.33. The van der Waals surface area contributed by atoms with Gasteiger partial charge in [-0.05, 0) is 26.3 Å². The highest BCUT2D eigenvalue weighted by molar-refractivity contribution is 5.96. The summed E-state index contributed by atoms with van der Waals surface area (Å²) >= 11 is 0. The Balaban J connectivity index is 2.51. The number of carbonyl (C=O) groups excluding carboxylic acids is 2. The molecule has 1 heterocycles. The van der Waals surface area contributed by atoms with Gasteiger partial charge in [0.1, 0.15) is 6.54 Å². The van der Waals surface area contributed by atoms with E-state index in [2.05, 4.69) is 0 Å². The third kappa shape index (κ3) is 6.63. The first kappa shape index (κ1) is 19.5. The lowest BCUT2D eigenvalue weighted by molar-refractivity contribution is -0.188. The fourth-order valence-electron chi connectivity index (χ4n) is 2.23. The molecule has 5 nitrogen and oxygen atoms in total. The zero-order valence-electron chi connectivity index (χ0n) is 12.2. The van der Waals surface area contributed by atoms with Gasteiger partial charge in [0.15, 0.2) is 0 Å². The molecule has 0 saturated carbocycles. The van der Waals surface area contributed by atoms with Crippen molar-refractivity contribution in [3.63, 3.8) is 0 Å². The van der Waals surface area contributed by atoms with Crippen LogP contribution in [0.2, 0.25) is 0 Å². The maximum Gasteiger partial charge on any atom is 0.405 e. The summed E-state index contributed by atoms with van der Waals surface area (Å²) < 4.78 is 73.9. The van der Waals surface area contributed by atoms with Gasteiger partial charge in [-0.15, -0.1) is 0 Å². The molecule has 134 valence electrons. The van der Waals surface area contributed by atoms with Gasteiger partial charge in [0, 0.05) is 6.54 Å². The molecule has 0 bridgehead atoms. The second kappa shape index (κ2) is 7.37. The van der Waals surface area contributed by atoms with E-state index in [-0.39, 0.29) is 25.9 Å². The molecular weight excluding hydrogens is 332 g/mol. The van der Waals surface area contributed by atoms with Crippen LogP contribution in [0.25, 0.3) is 0 Å². The summed E-state index contributed by atoms with van der Waals surface area (Å²) in [5.74, 6) is -2.52. The summed E-state index contributed by atoms with van der Waals surface area (Å²) in [5, 5.41) is 3.14. The number of halogens is 6. The van der Waals surface area contributed by atoms with Gasteiger partial charge in [0.25, 0.3) is 0 Å². The van der Waals surface area contributed by atoms with Crippen LogP contribution in [0.5, 0.6) is 0 Å². The Labute approximate surface area is 128 Å².